The molecule has 1 aromatic heterocycles. The summed E-state index contributed by atoms with van der Waals surface area (Å²) >= 11 is 0. The number of rotatable bonds is 3. The molecule has 0 fully saturated rings. The third-order valence-corrected chi connectivity index (χ3v) is 1.38. The number of nitrogens with one attached hydrogen (secondary N) is 1. The molecule has 1 aromatic rings. The highest BCUT2D eigenvalue weighted by Gasteiger charge is 2.06. The van der Waals surface area contributed by atoms with Crippen molar-refractivity contribution >= 4 is 5.97 Å². The second kappa shape index (κ2) is 5.73. The predicted molar refractivity (Wildman–Crippen MR) is 51.1 cm³/mol. The van der Waals surface area contributed by atoms with Gasteiger partial charge in [0.15, 0.2) is 0 Å². The molecule has 4 heteroatoms. The van der Waals surface area contributed by atoms with Crippen LogP contribution in [-0.4, -0.2) is 17.5 Å². The number of pyridine rings is 1. The number of hydrogen-bond donors (Lipinski definition) is 1. The Morgan fingerprint density at radius 3 is 3.14 bits per heavy atom. The van der Waals surface area contributed by atoms with Crippen molar-refractivity contribution in [3.8, 4) is 11.8 Å². The molecule has 0 saturated carbocycles. The van der Waals surface area contributed by atoms with E-state index in [-0.39, 0.29) is 5.69 Å². The van der Waals surface area contributed by atoms with E-state index in [4.69, 9.17) is 0 Å². The van der Waals surface area contributed by atoms with Gasteiger partial charge in [-0.25, -0.2) is 9.78 Å². The zero-order valence-corrected chi connectivity index (χ0v) is 7.78. The fraction of sp³-hybridized carbons (Fsp3) is 0.200. The molecule has 0 saturated heterocycles. The Labute approximate surface area is 82.3 Å². The first-order valence-corrected chi connectivity index (χ1v) is 4.09. The number of hydrogen-bond acceptors (Lipinski definition) is 4. The van der Waals surface area contributed by atoms with Crippen molar-refractivity contribution in [1.82, 2.24) is 10.5 Å². The van der Waals surface area contributed by atoms with Crippen LogP contribution in [0.2, 0.25) is 0 Å². The average Bonchev–Trinajstić information content (AvgIpc) is 2.25. The highest BCUT2D eigenvalue weighted by Crippen LogP contribution is 1.94. The van der Waals surface area contributed by atoms with Crippen LogP contribution in [0, 0.1) is 11.8 Å². The predicted octanol–water partition coefficient (Wildman–Crippen LogP) is 0.766. The smallest absolute Gasteiger partial charge is 0.365 e. The normalized spacial score (nSPS) is 8.64. The monoisotopic (exact) mass is 190 g/mol. The first kappa shape index (κ1) is 10.2. The van der Waals surface area contributed by atoms with Crippen molar-refractivity contribution in [2.24, 2.45) is 0 Å². The molecule has 0 aromatic carbocycles. The Kier molecular flexibility index (Phi) is 4.18. The Morgan fingerprint density at radius 1 is 1.64 bits per heavy atom. The molecule has 0 aliphatic heterocycles. The van der Waals surface area contributed by atoms with Crippen molar-refractivity contribution in [3.05, 3.63) is 30.1 Å². The van der Waals surface area contributed by atoms with E-state index in [0.717, 1.165) is 0 Å². The third-order valence-electron chi connectivity index (χ3n) is 1.38. The lowest BCUT2D eigenvalue weighted by molar-refractivity contribution is 0.0276. The van der Waals surface area contributed by atoms with Crippen molar-refractivity contribution in [2.45, 2.75) is 6.92 Å². The Bertz CT molecular complexity index is 351. The van der Waals surface area contributed by atoms with Crippen LogP contribution in [0.25, 0.3) is 0 Å². The van der Waals surface area contributed by atoms with Gasteiger partial charge in [0, 0.05) is 6.20 Å². The van der Waals surface area contributed by atoms with Gasteiger partial charge in [0.2, 0.25) is 0 Å². The second-order valence-corrected chi connectivity index (χ2v) is 2.35. The lowest BCUT2D eigenvalue weighted by Gasteiger charge is -2.00. The van der Waals surface area contributed by atoms with Gasteiger partial charge in [-0.15, -0.1) is 11.4 Å². The number of carbonyl (C=O) groups excluding carboxylic acids is 1. The highest BCUT2D eigenvalue weighted by atomic mass is 16.7. The van der Waals surface area contributed by atoms with Crippen molar-refractivity contribution in [3.63, 3.8) is 0 Å². The fourth-order valence-electron chi connectivity index (χ4n) is 0.762. The Hall–Kier alpha value is -1.86. The summed E-state index contributed by atoms with van der Waals surface area (Å²) in [5.41, 5.74) is 2.69. The van der Waals surface area contributed by atoms with Gasteiger partial charge >= 0.3 is 5.97 Å². The molecule has 1 heterocycles. The largest absolute Gasteiger partial charge is 0.375 e. The minimum atomic E-state index is -0.511. The summed E-state index contributed by atoms with van der Waals surface area (Å²) in [5, 5.41) is 0. The molecule has 14 heavy (non-hydrogen) atoms. The van der Waals surface area contributed by atoms with E-state index in [1.54, 1.807) is 25.1 Å². The first-order valence-electron chi connectivity index (χ1n) is 4.09. The van der Waals surface area contributed by atoms with Crippen LogP contribution in [0.3, 0.4) is 0 Å². The summed E-state index contributed by atoms with van der Waals surface area (Å²) in [5.74, 6) is 4.85. The van der Waals surface area contributed by atoms with Crippen LogP contribution in [0.15, 0.2) is 24.4 Å². The van der Waals surface area contributed by atoms with Crippen LogP contribution in [-0.2, 0) is 4.84 Å². The number of hydroxylamine groups is 1. The fourth-order valence-corrected chi connectivity index (χ4v) is 0.762. The molecule has 0 radical (unpaired) electrons. The van der Waals surface area contributed by atoms with E-state index in [1.807, 2.05) is 0 Å². The molecule has 0 bridgehead atoms. The van der Waals surface area contributed by atoms with Gasteiger partial charge in [-0.1, -0.05) is 12.0 Å². The summed E-state index contributed by atoms with van der Waals surface area (Å²) in [4.78, 5) is 19.7. The summed E-state index contributed by atoms with van der Waals surface area (Å²) in [7, 11) is 0. The van der Waals surface area contributed by atoms with Gasteiger partial charge in [-0.05, 0) is 19.1 Å². The minimum Gasteiger partial charge on any atom is -0.365 e. The maximum Gasteiger partial charge on any atom is 0.375 e. The number of carbonyl (C=O) groups is 1. The van der Waals surface area contributed by atoms with Gasteiger partial charge < -0.3 is 4.84 Å². The molecule has 72 valence electrons. The summed E-state index contributed by atoms with van der Waals surface area (Å²) in [6, 6.07) is 5.03. The summed E-state index contributed by atoms with van der Waals surface area (Å²) in [6.45, 7) is 2.03. The van der Waals surface area contributed by atoms with Crippen molar-refractivity contribution in [1.29, 1.82) is 0 Å². The zero-order chi connectivity index (χ0) is 10.2. The maximum absolute atomic E-state index is 11.2. The van der Waals surface area contributed by atoms with Crippen LogP contribution in [0.1, 0.15) is 17.4 Å². The SMILES string of the molecule is CC#CCNOC(=O)c1ccccn1. The van der Waals surface area contributed by atoms with Crippen LogP contribution in [0.5, 0.6) is 0 Å². The van der Waals surface area contributed by atoms with Crippen molar-refractivity contribution in [2.75, 3.05) is 6.54 Å². The van der Waals surface area contributed by atoms with Gasteiger partial charge in [-0.3, -0.25) is 0 Å². The summed E-state index contributed by atoms with van der Waals surface area (Å²) in [6.07, 6.45) is 1.53. The molecule has 0 amide bonds. The summed E-state index contributed by atoms with van der Waals surface area (Å²) < 4.78 is 0. The molecule has 1 N–H and O–H groups in total. The van der Waals surface area contributed by atoms with E-state index >= 15 is 0 Å². The quantitative estimate of drug-likeness (QED) is 0.434. The topological polar surface area (TPSA) is 51.2 Å². The maximum atomic E-state index is 11.2. The van der Waals surface area contributed by atoms with Gasteiger partial charge in [0.05, 0.1) is 6.54 Å². The van der Waals surface area contributed by atoms with Gasteiger partial charge in [0.1, 0.15) is 5.69 Å². The molecule has 0 unspecified atom stereocenters. The zero-order valence-electron chi connectivity index (χ0n) is 7.78. The molecule has 1 rings (SSSR count). The van der Waals surface area contributed by atoms with Crippen LogP contribution >= 0.6 is 0 Å². The van der Waals surface area contributed by atoms with Gasteiger partial charge in [-0.2, -0.15) is 0 Å². The number of nitrogens with zero attached hydrogens (tertiary/aromatic N) is 1. The van der Waals surface area contributed by atoms with E-state index in [1.165, 1.54) is 6.20 Å². The third kappa shape index (κ3) is 3.25. The lowest BCUT2D eigenvalue weighted by Crippen LogP contribution is -2.20. The molecule has 0 atom stereocenters. The van der Waals surface area contributed by atoms with Crippen molar-refractivity contribution < 1.29 is 9.63 Å². The Balaban J connectivity index is 2.39. The van der Waals surface area contributed by atoms with E-state index in [0.29, 0.717) is 6.54 Å². The van der Waals surface area contributed by atoms with E-state index in [9.17, 15) is 4.79 Å². The Morgan fingerprint density at radius 2 is 2.50 bits per heavy atom. The molecule has 0 spiro atoms. The van der Waals surface area contributed by atoms with Crippen LogP contribution in [0.4, 0.5) is 0 Å². The molecule has 0 aliphatic rings. The molecular weight excluding hydrogens is 180 g/mol. The molecular formula is C10H10N2O2. The molecule has 0 aliphatic carbocycles. The van der Waals surface area contributed by atoms with E-state index in [2.05, 4.69) is 27.1 Å². The first-order chi connectivity index (χ1) is 6.84. The highest BCUT2D eigenvalue weighted by molar-refractivity contribution is 5.86. The van der Waals surface area contributed by atoms with Gasteiger partial charge in [0.25, 0.3) is 0 Å². The van der Waals surface area contributed by atoms with E-state index < -0.39 is 5.97 Å². The lowest BCUT2D eigenvalue weighted by atomic mass is 10.4. The molecule has 4 nitrogen and oxygen atoms in total. The minimum absolute atomic E-state index is 0.268. The number of aromatic nitrogens is 1. The van der Waals surface area contributed by atoms with Crippen LogP contribution < -0.4 is 5.48 Å². The second-order valence-electron chi connectivity index (χ2n) is 2.35. The average molecular weight is 190 g/mol. The standard InChI is InChI=1S/C10H10N2O2/c1-2-3-8-12-14-10(13)9-6-4-5-7-11-9/h4-7,12H,8H2,1H3.